The van der Waals surface area contributed by atoms with Gasteiger partial charge >= 0.3 is 0 Å². The molecule has 150 valence electrons. The first-order valence-electron chi connectivity index (χ1n) is 9.51. The smallest absolute Gasteiger partial charge is 0.173 e. The number of anilines is 1. The number of thiocarbonyl (C=S) groups is 1. The summed E-state index contributed by atoms with van der Waals surface area (Å²) in [6.07, 6.45) is 0.966. The molecule has 2 aromatic carbocycles. The number of hydrogen-bond acceptors (Lipinski definition) is 4. The number of ether oxygens (including phenoxy) is 1. The van der Waals surface area contributed by atoms with Crippen molar-refractivity contribution in [1.29, 1.82) is 0 Å². The number of benzene rings is 2. The number of rotatable bonds is 7. The Hall–Kier alpha value is -2.22. The van der Waals surface area contributed by atoms with Crippen molar-refractivity contribution in [3.8, 4) is 5.75 Å². The van der Waals surface area contributed by atoms with Gasteiger partial charge in [0.15, 0.2) is 5.11 Å². The molecular weight excluding hydrogens is 377 g/mol. The third-order valence-corrected chi connectivity index (χ3v) is 5.10. The van der Waals surface area contributed by atoms with Gasteiger partial charge in [0.1, 0.15) is 11.6 Å². The van der Waals surface area contributed by atoms with Crippen LogP contribution < -0.4 is 10.2 Å². The van der Waals surface area contributed by atoms with Gasteiger partial charge in [0.2, 0.25) is 0 Å². The number of halogens is 1. The summed E-state index contributed by atoms with van der Waals surface area (Å²) in [4.78, 5) is 4.26. The number of nitrogens with zero attached hydrogens (tertiary/aromatic N) is 2. The molecule has 0 bridgehead atoms. The van der Waals surface area contributed by atoms with Crippen molar-refractivity contribution in [3.05, 3.63) is 59.9 Å². The molecule has 0 amide bonds. The largest absolute Gasteiger partial charge is 0.508 e. The molecule has 7 heteroatoms. The predicted octanol–water partition coefficient (Wildman–Crippen LogP) is 3.13. The third-order valence-electron chi connectivity index (χ3n) is 4.73. The van der Waals surface area contributed by atoms with E-state index in [0.29, 0.717) is 11.7 Å². The topological polar surface area (TPSA) is 48.0 Å². The van der Waals surface area contributed by atoms with Gasteiger partial charge in [0.25, 0.3) is 0 Å². The Morgan fingerprint density at radius 2 is 1.86 bits per heavy atom. The lowest BCUT2D eigenvalue weighted by Gasteiger charge is -2.28. The number of aromatic hydroxyl groups is 1. The molecule has 28 heavy (non-hydrogen) atoms. The molecule has 0 aliphatic carbocycles. The minimum atomic E-state index is -0.296. The molecule has 1 heterocycles. The Kier molecular flexibility index (Phi) is 7.59. The highest BCUT2D eigenvalue weighted by Gasteiger charge is 2.15. The normalized spacial score (nSPS) is 14.6. The van der Waals surface area contributed by atoms with Gasteiger partial charge < -0.3 is 20.1 Å². The summed E-state index contributed by atoms with van der Waals surface area (Å²) in [6.45, 7) is 5.67. The fourth-order valence-corrected chi connectivity index (χ4v) is 3.41. The van der Waals surface area contributed by atoms with E-state index < -0.39 is 0 Å². The maximum atomic E-state index is 13.3. The standard InChI is InChI=1S/C21H26FN3O2S/c22-18-6-8-19(9-7-18)25(16-17-4-1-2-5-20(17)26)21(28)23-10-3-11-24-12-14-27-15-13-24/h1-2,4-9,26H,3,10-16H2,(H,23,28). The lowest BCUT2D eigenvalue weighted by Crippen LogP contribution is -2.41. The summed E-state index contributed by atoms with van der Waals surface area (Å²) < 4.78 is 18.7. The Bertz CT molecular complexity index is 767. The van der Waals surface area contributed by atoms with Crippen molar-refractivity contribution < 1.29 is 14.2 Å². The monoisotopic (exact) mass is 403 g/mol. The second-order valence-electron chi connectivity index (χ2n) is 6.73. The van der Waals surface area contributed by atoms with Crippen LogP contribution in [0.15, 0.2) is 48.5 Å². The average Bonchev–Trinajstić information content (AvgIpc) is 2.72. The summed E-state index contributed by atoms with van der Waals surface area (Å²) in [5.41, 5.74) is 1.53. The zero-order valence-electron chi connectivity index (χ0n) is 15.8. The summed E-state index contributed by atoms with van der Waals surface area (Å²) in [7, 11) is 0. The fraction of sp³-hybridized carbons (Fsp3) is 0.381. The third kappa shape index (κ3) is 5.89. The van der Waals surface area contributed by atoms with Gasteiger partial charge in [-0.15, -0.1) is 0 Å². The van der Waals surface area contributed by atoms with Gasteiger partial charge in [0, 0.05) is 30.9 Å². The maximum absolute atomic E-state index is 13.3. The molecule has 0 spiro atoms. The molecule has 5 nitrogen and oxygen atoms in total. The van der Waals surface area contributed by atoms with E-state index in [1.54, 1.807) is 24.3 Å². The Balaban J connectivity index is 1.61. The van der Waals surface area contributed by atoms with E-state index in [0.717, 1.165) is 57.1 Å². The highest BCUT2D eigenvalue weighted by atomic mass is 32.1. The second-order valence-corrected chi connectivity index (χ2v) is 7.12. The summed E-state index contributed by atoms with van der Waals surface area (Å²) >= 11 is 5.61. The van der Waals surface area contributed by atoms with Crippen molar-refractivity contribution in [2.24, 2.45) is 0 Å². The maximum Gasteiger partial charge on any atom is 0.173 e. The molecule has 0 aromatic heterocycles. The minimum Gasteiger partial charge on any atom is -0.508 e. The van der Waals surface area contributed by atoms with E-state index in [4.69, 9.17) is 17.0 Å². The Labute approximate surface area is 170 Å². The summed E-state index contributed by atoms with van der Waals surface area (Å²) in [6, 6.07) is 13.4. The van der Waals surface area contributed by atoms with Crippen LogP contribution in [-0.2, 0) is 11.3 Å². The lowest BCUT2D eigenvalue weighted by molar-refractivity contribution is 0.0376. The van der Waals surface area contributed by atoms with Crippen LogP contribution in [0.3, 0.4) is 0 Å². The molecule has 0 unspecified atom stereocenters. The number of para-hydroxylation sites is 1. The van der Waals surface area contributed by atoms with E-state index in [-0.39, 0.29) is 11.6 Å². The highest BCUT2D eigenvalue weighted by Crippen LogP contribution is 2.23. The number of nitrogens with one attached hydrogen (secondary N) is 1. The van der Waals surface area contributed by atoms with Gasteiger partial charge in [-0.2, -0.15) is 0 Å². The molecule has 1 saturated heterocycles. The van der Waals surface area contributed by atoms with Crippen LogP contribution in [-0.4, -0.2) is 54.5 Å². The first kappa shape index (κ1) is 20.5. The van der Waals surface area contributed by atoms with E-state index in [1.165, 1.54) is 12.1 Å². The predicted molar refractivity (Wildman–Crippen MR) is 113 cm³/mol. The van der Waals surface area contributed by atoms with E-state index >= 15 is 0 Å². The molecule has 0 radical (unpaired) electrons. The van der Waals surface area contributed by atoms with Crippen molar-refractivity contribution in [2.75, 3.05) is 44.3 Å². The quantitative estimate of drug-likeness (QED) is 0.547. The second kappa shape index (κ2) is 10.4. The SMILES string of the molecule is Oc1ccccc1CN(C(=S)NCCCN1CCOCC1)c1ccc(F)cc1. The molecule has 1 fully saturated rings. The van der Waals surface area contributed by atoms with Crippen LogP contribution in [0.5, 0.6) is 5.75 Å². The lowest BCUT2D eigenvalue weighted by atomic mass is 10.1. The van der Waals surface area contributed by atoms with Crippen LogP contribution in [0.4, 0.5) is 10.1 Å². The van der Waals surface area contributed by atoms with Crippen molar-refractivity contribution in [2.45, 2.75) is 13.0 Å². The zero-order valence-corrected chi connectivity index (χ0v) is 16.6. The molecule has 1 aliphatic rings. The van der Waals surface area contributed by atoms with E-state index in [1.807, 2.05) is 17.0 Å². The summed E-state index contributed by atoms with van der Waals surface area (Å²) in [5, 5.41) is 14.0. The van der Waals surface area contributed by atoms with Gasteiger partial charge in [-0.25, -0.2) is 4.39 Å². The number of phenols is 1. The average molecular weight is 404 g/mol. The Morgan fingerprint density at radius 3 is 2.57 bits per heavy atom. The van der Waals surface area contributed by atoms with Gasteiger partial charge in [-0.1, -0.05) is 18.2 Å². The number of morpholine rings is 1. The van der Waals surface area contributed by atoms with Crippen LogP contribution in [0.2, 0.25) is 0 Å². The molecule has 2 N–H and O–H groups in total. The molecule has 3 rings (SSSR count). The van der Waals surface area contributed by atoms with Crippen LogP contribution >= 0.6 is 12.2 Å². The van der Waals surface area contributed by atoms with Crippen LogP contribution in [0, 0.1) is 5.82 Å². The van der Waals surface area contributed by atoms with E-state index in [2.05, 4.69) is 10.2 Å². The zero-order chi connectivity index (χ0) is 19.8. The molecule has 0 atom stereocenters. The molecule has 2 aromatic rings. The van der Waals surface area contributed by atoms with Crippen LogP contribution in [0.1, 0.15) is 12.0 Å². The summed E-state index contributed by atoms with van der Waals surface area (Å²) in [5.74, 6) is -0.0830. The minimum absolute atomic E-state index is 0.213. The Morgan fingerprint density at radius 1 is 1.14 bits per heavy atom. The van der Waals surface area contributed by atoms with E-state index in [9.17, 15) is 9.50 Å². The van der Waals surface area contributed by atoms with Crippen molar-refractivity contribution >= 4 is 23.0 Å². The van der Waals surface area contributed by atoms with Crippen LogP contribution in [0.25, 0.3) is 0 Å². The van der Waals surface area contributed by atoms with Gasteiger partial charge in [-0.05, 0) is 55.5 Å². The first-order chi connectivity index (χ1) is 13.6. The number of hydrogen-bond donors (Lipinski definition) is 2. The van der Waals surface area contributed by atoms with Crippen molar-refractivity contribution in [1.82, 2.24) is 10.2 Å². The molecule has 0 saturated carbocycles. The number of phenolic OH excluding ortho intramolecular Hbond substituents is 1. The van der Waals surface area contributed by atoms with Crippen molar-refractivity contribution in [3.63, 3.8) is 0 Å². The molecule has 1 aliphatic heterocycles. The highest BCUT2D eigenvalue weighted by molar-refractivity contribution is 7.80. The van der Waals surface area contributed by atoms with Gasteiger partial charge in [-0.3, -0.25) is 4.90 Å². The fourth-order valence-electron chi connectivity index (χ4n) is 3.13. The molecular formula is C21H26FN3O2S. The first-order valence-corrected chi connectivity index (χ1v) is 9.92. The van der Waals surface area contributed by atoms with Gasteiger partial charge in [0.05, 0.1) is 19.8 Å².